The van der Waals surface area contributed by atoms with Crippen molar-refractivity contribution in [2.45, 2.75) is 18.2 Å². The highest BCUT2D eigenvalue weighted by molar-refractivity contribution is 7.89. The molecule has 3 aromatic rings. The third kappa shape index (κ3) is 5.92. The van der Waals surface area contributed by atoms with Crippen LogP contribution in [0.2, 0.25) is 0 Å². The van der Waals surface area contributed by atoms with Gasteiger partial charge in [-0.15, -0.1) is 0 Å². The number of benzene rings is 3. The number of hydrogen-bond donors (Lipinski definition) is 2. The van der Waals surface area contributed by atoms with E-state index in [0.29, 0.717) is 36.6 Å². The van der Waals surface area contributed by atoms with Gasteiger partial charge in [0.2, 0.25) is 10.0 Å². The molecule has 0 saturated heterocycles. The number of carbonyl (C=O) groups is 1. The summed E-state index contributed by atoms with van der Waals surface area (Å²) in [7, 11) is -3.62. The molecule has 0 aliphatic rings. The first-order chi connectivity index (χ1) is 14.5. The van der Waals surface area contributed by atoms with Crippen LogP contribution in [-0.2, 0) is 16.4 Å². The highest BCUT2D eigenvalue weighted by Crippen LogP contribution is 2.17. The van der Waals surface area contributed by atoms with Gasteiger partial charge < -0.3 is 10.1 Å². The van der Waals surface area contributed by atoms with Crippen LogP contribution >= 0.6 is 0 Å². The SMILES string of the molecule is CCOc1cccc(C(=O)Nc2ccc(S(=O)(=O)NCCc3ccccc3)cc2)c1. The van der Waals surface area contributed by atoms with Crippen LogP contribution < -0.4 is 14.8 Å². The maximum Gasteiger partial charge on any atom is 0.255 e. The van der Waals surface area contributed by atoms with Crippen molar-refractivity contribution in [3.05, 3.63) is 90.0 Å². The summed E-state index contributed by atoms with van der Waals surface area (Å²) in [6, 6.07) is 22.6. The van der Waals surface area contributed by atoms with Crippen LogP contribution in [0.15, 0.2) is 83.8 Å². The Morgan fingerprint density at radius 1 is 0.933 bits per heavy atom. The zero-order valence-electron chi connectivity index (χ0n) is 16.7. The van der Waals surface area contributed by atoms with E-state index in [1.807, 2.05) is 37.3 Å². The Morgan fingerprint density at radius 3 is 2.37 bits per heavy atom. The quantitative estimate of drug-likeness (QED) is 0.546. The lowest BCUT2D eigenvalue weighted by atomic mass is 10.2. The lowest BCUT2D eigenvalue weighted by Gasteiger charge is -2.10. The van der Waals surface area contributed by atoms with Crippen LogP contribution in [0.1, 0.15) is 22.8 Å². The molecule has 7 heteroatoms. The Hall–Kier alpha value is -3.16. The predicted molar refractivity (Wildman–Crippen MR) is 117 cm³/mol. The maximum absolute atomic E-state index is 12.5. The standard InChI is InChI=1S/C23H24N2O4S/c1-2-29-21-10-6-9-19(17-21)23(26)25-20-11-13-22(14-12-20)30(27,28)24-16-15-18-7-4-3-5-8-18/h3-14,17,24H,2,15-16H2,1H3,(H,25,26). The topological polar surface area (TPSA) is 84.5 Å². The van der Waals surface area contributed by atoms with Crippen LogP contribution in [0.4, 0.5) is 5.69 Å². The van der Waals surface area contributed by atoms with Gasteiger partial charge in [-0.05, 0) is 61.4 Å². The maximum atomic E-state index is 12.5. The van der Waals surface area contributed by atoms with Crippen LogP contribution in [0.5, 0.6) is 5.75 Å². The normalized spacial score (nSPS) is 11.1. The van der Waals surface area contributed by atoms with E-state index in [0.717, 1.165) is 5.56 Å². The Morgan fingerprint density at radius 2 is 1.67 bits per heavy atom. The summed E-state index contributed by atoms with van der Waals surface area (Å²) in [4.78, 5) is 12.6. The van der Waals surface area contributed by atoms with Crippen LogP contribution in [0.3, 0.4) is 0 Å². The molecule has 3 aromatic carbocycles. The average molecular weight is 425 g/mol. The van der Waals surface area contributed by atoms with E-state index >= 15 is 0 Å². The lowest BCUT2D eigenvalue weighted by Crippen LogP contribution is -2.26. The molecule has 156 valence electrons. The van der Waals surface area contributed by atoms with Gasteiger partial charge in [0.15, 0.2) is 0 Å². The lowest BCUT2D eigenvalue weighted by molar-refractivity contribution is 0.102. The second-order valence-electron chi connectivity index (χ2n) is 6.57. The zero-order valence-corrected chi connectivity index (χ0v) is 17.5. The molecule has 0 radical (unpaired) electrons. The van der Waals surface area contributed by atoms with Gasteiger partial charge in [-0.25, -0.2) is 13.1 Å². The van der Waals surface area contributed by atoms with Gasteiger partial charge in [0.1, 0.15) is 5.75 Å². The van der Waals surface area contributed by atoms with Crippen molar-refractivity contribution in [2.75, 3.05) is 18.5 Å². The summed E-state index contributed by atoms with van der Waals surface area (Å²) in [5, 5.41) is 2.76. The first kappa shape index (κ1) is 21.5. The van der Waals surface area contributed by atoms with Crippen molar-refractivity contribution < 1.29 is 17.9 Å². The molecular formula is C23H24N2O4S. The fourth-order valence-corrected chi connectivity index (χ4v) is 3.90. The summed E-state index contributed by atoms with van der Waals surface area (Å²) in [6.07, 6.45) is 0.606. The predicted octanol–water partition coefficient (Wildman–Crippen LogP) is 3.86. The smallest absolute Gasteiger partial charge is 0.255 e. The van der Waals surface area contributed by atoms with Crippen molar-refractivity contribution >= 4 is 21.6 Å². The molecule has 0 aliphatic heterocycles. The largest absolute Gasteiger partial charge is 0.494 e. The van der Waals surface area contributed by atoms with E-state index in [1.54, 1.807) is 36.4 Å². The molecule has 0 aliphatic carbocycles. The zero-order chi connectivity index (χ0) is 21.4. The molecule has 0 fully saturated rings. The molecule has 3 rings (SSSR count). The van der Waals surface area contributed by atoms with Crippen LogP contribution in [-0.4, -0.2) is 27.5 Å². The highest BCUT2D eigenvalue weighted by Gasteiger charge is 2.14. The monoisotopic (exact) mass is 424 g/mol. The van der Waals surface area contributed by atoms with E-state index in [9.17, 15) is 13.2 Å². The van der Waals surface area contributed by atoms with E-state index < -0.39 is 10.0 Å². The summed E-state index contributed by atoms with van der Waals surface area (Å²) in [5.41, 5.74) is 2.02. The number of carbonyl (C=O) groups excluding carboxylic acids is 1. The van der Waals surface area contributed by atoms with Gasteiger partial charge in [0, 0.05) is 17.8 Å². The number of ether oxygens (including phenoxy) is 1. The molecule has 0 unspecified atom stereocenters. The van der Waals surface area contributed by atoms with Gasteiger partial charge in [-0.3, -0.25) is 4.79 Å². The summed E-state index contributed by atoms with van der Waals surface area (Å²) < 4.78 is 32.9. The van der Waals surface area contributed by atoms with E-state index in [1.165, 1.54) is 12.1 Å². The minimum absolute atomic E-state index is 0.145. The molecule has 0 heterocycles. The number of hydrogen-bond acceptors (Lipinski definition) is 4. The molecule has 0 bridgehead atoms. The van der Waals surface area contributed by atoms with E-state index in [4.69, 9.17) is 4.74 Å². The fraction of sp³-hybridized carbons (Fsp3) is 0.174. The van der Waals surface area contributed by atoms with E-state index in [2.05, 4.69) is 10.0 Å². The summed E-state index contributed by atoms with van der Waals surface area (Å²) in [5.74, 6) is 0.321. The second-order valence-corrected chi connectivity index (χ2v) is 8.34. The Kier molecular flexibility index (Phi) is 7.21. The van der Waals surface area contributed by atoms with Crippen LogP contribution in [0.25, 0.3) is 0 Å². The first-order valence-corrected chi connectivity index (χ1v) is 11.1. The molecule has 1 amide bonds. The van der Waals surface area contributed by atoms with E-state index in [-0.39, 0.29) is 10.8 Å². The minimum Gasteiger partial charge on any atom is -0.494 e. The third-order valence-corrected chi connectivity index (χ3v) is 5.86. The van der Waals surface area contributed by atoms with Crippen molar-refractivity contribution in [2.24, 2.45) is 0 Å². The Balaban J connectivity index is 1.59. The number of anilines is 1. The highest BCUT2D eigenvalue weighted by atomic mass is 32.2. The summed E-state index contributed by atoms with van der Waals surface area (Å²) in [6.45, 7) is 2.69. The van der Waals surface area contributed by atoms with Gasteiger partial charge >= 0.3 is 0 Å². The molecule has 0 spiro atoms. The number of rotatable bonds is 9. The summed E-state index contributed by atoms with van der Waals surface area (Å²) >= 11 is 0. The Bertz CT molecular complexity index is 1080. The molecule has 30 heavy (non-hydrogen) atoms. The van der Waals surface area contributed by atoms with Gasteiger partial charge in [0.25, 0.3) is 5.91 Å². The minimum atomic E-state index is -3.62. The number of amides is 1. The third-order valence-electron chi connectivity index (χ3n) is 4.38. The van der Waals surface area contributed by atoms with Crippen molar-refractivity contribution in [3.63, 3.8) is 0 Å². The molecule has 0 aromatic heterocycles. The van der Waals surface area contributed by atoms with Crippen LogP contribution in [0, 0.1) is 0 Å². The van der Waals surface area contributed by atoms with Gasteiger partial charge in [-0.1, -0.05) is 36.4 Å². The van der Waals surface area contributed by atoms with Gasteiger partial charge in [-0.2, -0.15) is 0 Å². The van der Waals surface area contributed by atoms with Crippen molar-refractivity contribution in [1.82, 2.24) is 4.72 Å². The second kappa shape index (κ2) is 10.0. The molecular weight excluding hydrogens is 400 g/mol. The molecule has 0 atom stereocenters. The average Bonchev–Trinajstić information content (AvgIpc) is 2.75. The molecule has 2 N–H and O–H groups in total. The number of sulfonamides is 1. The molecule has 0 saturated carbocycles. The van der Waals surface area contributed by atoms with Crippen molar-refractivity contribution in [1.29, 1.82) is 0 Å². The Labute approximate surface area is 177 Å². The number of nitrogens with one attached hydrogen (secondary N) is 2. The fourth-order valence-electron chi connectivity index (χ4n) is 2.87. The first-order valence-electron chi connectivity index (χ1n) is 9.66. The van der Waals surface area contributed by atoms with Gasteiger partial charge in [0.05, 0.1) is 11.5 Å². The molecule has 6 nitrogen and oxygen atoms in total. The van der Waals surface area contributed by atoms with Crippen molar-refractivity contribution in [3.8, 4) is 5.75 Å².